The number of aryl methyl sites for hydroxylation is 1. The Bertz CT molecular complexity index is 533. The van der Waals surface area contributed by atoms with E-state index in [1.54, 1.807) is 0 Å². The Hall–Kier alpha value is -1.80. The average molecular weight is 353 g/mol. The Morgan fingerprint density at radius 1 is 1.24 bits per heavy atom. The monoisotopic (exact) mass is 353 g/mol. The lowest BCUT2D eigenvalue weighted by molar-refractivity contribution is 0.0490. The zero-order valence-corrected chi connectivity index (χ0v) is 15.8. The summed E-state index contributed by atoms with van der Waals surface area (Å²) in [4.78, 5) is 16.2. The van der Waals surface area contributed by atoms with E-state index in [9.17, 15) is 4.79 Å². The first-order valence-electron chi connectivity index (χ1n) is 8.84. The van der Waals surface area contributed by atoms with Crippen LogP contribution >= 0.6 is 0 Å². The van der Waals surface area contributed by atoms with Crippen LogP contribution in [0.4, 0.5) is 10.5 Å². The molecule has 142 valence electrons. The first-order valence-corrected chi connectivity index (χ1v) is 8.84. The van der Waals surface area contributed by atoms with Crippen LogP contribution in [-0.4, -0.2) is 78.9 Å². The number of rotatable bonds is 7. The lowest BCUT2D eigenvalue weighted by Gasteiger charge is -2.35. The van der Waals surface area contributed by atoms with Gasteiger partial charge in [0.05, 0.1) is 25.1 Å². The first kappa shape index (κ1) is 19.5. The SMILES string of the molecule is Cn1cc(N2CCN(CCOCCNC(=O)OC(C)(C)C)CC2)cn1. The fourth-order valence-corrected chi connectivity index (χ4v) is 2.64. The molecule has 0 atom stereocenters. The van der Waals surface area contributed by atoms with E-state index in [0.717, 1.165) is 32.7 Å². The Balaban J connectivity index is 1.50. The smallest absolute Gasteiger partial charge is 0.407 e. The fourth-order valence-electron chi connectivity index (χ4n) is 2.64. The van der Waals surface area contributed by atoms with Gasteiger partial charge in [0.1, 0.15) is 5.60 Å². The second kappa shape index (κ2) is 9.05. The maximum absolute atomic E-state index is 11.5. The van der Waals surface area contributed by atoms with Gasteiger partial charge in [-0.25, -0.2) is 4.79 Å². The molecule has 0 saturated carbocycles. The van der Waals surface area contributed by atoms with Gasteiger partial charge in [-0.1, -0.05) is 0 Å². The van der Waals surface area contributed by atoms with Crippen molar-refractivity contribution in [2.24, 2.45) is 7.05 Å². The number of nitrogens with zero attached hydrogens (tertiary/aromatic N) is 4. The molecule has 0 spiro atoms. The number of nitrogens with one attached hydrogen (secondary N) is 1. The molecule has 1 aromatic heterocycles. The van der Waals surface area contributed by atoms with Crippen molar-refractivity contribution in [2.75, 3.05) is 57.4 Å². The molecule has 1 fully saturated rings. The molecule has 0 bridgehead atoms. The van der Waals surface area contributed by atoms with Gasteiger partial charge in [0.2, 0.25) is 0 Å². The minimum absolute atomic E-state index is 0.400. The van der Waals surface area contributed by atoms with E-state index < -0.39 is 11.7 Å². The number of aromatic nitrogens is 2. The molecule has 25 heavy (non-hydrogen) atoms. The van der Waals surface area contributed by atoms with Crippen LogP contribution in [0, 0.1) is 0 Å². The van der Waals surface area contributed by atoms with Gasteiger partial charge >= 0.3 is 6.09 Å². The van der Waals surface area contributed by atoms with Crippen molar-refractivity contribution in [3.8, 4) is 0 Å². The second-order valence-corrected chi connectivity index (χ2v) is 7.24. The molecule has 8 heteroatoms. The highest BCUT2D eigenvalue weighted by molar-refractivity contribution is 5.67. The summed E-state index contributed by atoms with van der Waals surface area (Å²) in [6.45, 7) is 12.1. The third-order valence-corrected chi connectivity index (χ3v) is 3.90. The standard InChI is InChI=1S/C17H31N5O3/c1-17(2,3)25-16(23)18-5-11-24-12-10-21-6-8-22(9-7-21)15-13-19-20(4)14-15/h13-14H,5-12H2,1-4H3,(H,18,23). The Morgan fingerprint density at radius 3 is 2.56 bits per heavy atom. The highest BCUT2D eigenvalue weighted by atomic mass is 16.6. The molecule has 1 saturated heterocycles. The summed E-state index contributed by atoms with van der Waals surface area (Å²) in [7, 11) is 1.94. The summed E-state index contributed by atoms with van der Waals surface area (Å²) in [5.74, 6) is 0. The highest BCUT2D eigenvalue weighted by Gasteiger charge is 2.18. The Kier molecular flexibility index (Phi) is 7.07. The molecular weight excluding hydrogens is 322 g/mol. The van der Waals surface area contributed by atoms with Crippen molar-refractivity contribution in [1.82, 2.24) is 20.0 Å². The highest BCUT2D eigenvalue weighted by Crippen LogP contribution is 2.14. The first-order chi connectivity index (χ1) is 11.8. The normalized spacial score (nSPS) is 16.1. The molecule has 1 N–H and O–H groups in total. The van der Waals surface area contributed by atoms with E-state index in [1.165, 1.54) is 5.69 Å². The zero-order chi connectivity index (χ0) is 18.3. The van der Waals surface area contributed by atoms with Gasteiger partial charge < -0.3 is 19.7 Å². The number of amides is 1. The molecule has 0 aromatic carbocycles. The van der Waals surface area contributed by atoms with E-state index in [-0.39, 0.29) is 0 Å². The topological polar surface area (TPSA) is 71.9 Å². The Labute approximate surface area is 150 Å². The lowest BCUT2D eigenvalue weighted by Crippen LogP contribution is -2.47. The number of piperazine rings is 1. The van der Waals surface area contributed by atoms with Crippen molar-refractivity contribution >= 4 is 11.8 Å². The van der Waals surface area contributed by atoms with Crippen molar-refractivity contribution in [2.45, 2.75) is 26.4 Å². The quantitative estimate of drug-likeness (QED) is 0.740. The van der Waals surface area contributed by atoms with Crippen LogP contribution in [-0.2, 0) is 16.5 Å². The third-order valence-electron chi connectivity index (χ3n) is 3.90. The van der Waals surface area contributed by atoms with Crippen LogP contribution in [0.1, 0.15) is 20.8 Å². The van der Waals surface area contributed by atoms with Crippen LogP contribution in [0.5, 0.6) is 0 Å². The van der Waals surface area contributed by atoms with Crippen molar-refractivity contribution < 1.29 is 14.3 Å². The molecule has 1 amide bonds. The molecule has 0 radical (unpaired) electrons. The number of alkyl carbamates (subject to hydrolysis) is 1. The predicted molar refractivity (Wildman–Crippen MR) is 96.9 cm³/mol. The molecular formula is C17H31N5O3. The summed E-state index contributed by atoms with van der Waals surface area (Å²) in [5.41, 5.74) is 0.717. The molecule has 0 aliphatic carbocycles. The van der Waals surface area contributed by atoms with E-state index in [0.29, 0.717) is 19.8 Å². The predicted octanol–water partition coefficient (Wildman–Crippen LogP) is 1.08. The van der Waals surface area contributed by atoms with Crippen molar-refractivity contribution in [1.29, 1.82) is 0 Å². The minimum Gasteiger partial charge on any atom is -0.444 e. The minimum atomic E-state index is -0.469. The maximum atomic E-state index is 11.5. The summed E-state index contributed by atoms with van der Waals surface area (Å²) in [5, 5.41) is 6.91. The molecule has 2 heterocycles. The van der Waals surface area contributed by atoms with Crippen molar-refractivity contribution in [3.05, 3.63) is 12.4 Å². The zero-order valence-electron chi connectivity index (χ0n) is 15.8. The molecule has 1 aliphatic heterocycles. The van der Waals surface area contributed by atoms with Crippen LogP contribution in [0.25, 0.3) is 0 Å². The number of carbonyl (C=O) groups excluding carboxylic acids is 1. The van der Waals surface area contributed by atoms with Gasteiger partial charge in [0.15, 0.2) is 0 Å². The average Bonchev–Trinajstić information content (AvgIpc) is 2.96. The molecule has 2 rings (SSSR count). The van der Waals surface area contributed by atoms with E-state index in [2.05, 4.69) is 26.4 Å². The second-order valence-electron chi connectivity index (χ2n) is 7.24. The van der Waals surface area contributed by atoms with Gasteiger partial charge in [-0.3, -0.25) is 9.58 Å². The van der Waals surface area contributed by atoms with Gasteiger partial charge in [0.25, 0.3) is 0 Å². The van der Waals surface area contributed by atoms with E-state index in [1.807, 2.05) is 38.7 Å². The summed E-state index contributed by atoms with van der Waals surface area (Å²) < 4.78 is 12.6. The van der Waals surface area contributed by atoms with Crippen LogP contribution in [0.15, 0.2) is 12.4 Å². The van der Waals surface area contributed by atoms with Gasteiger partial charge in [-0.2, -0.15) is 5.10 Å². The van der Waals surface area contributed by atoms with Gasteiger partial charge in [-0.15, -0.1) is 0 Å². The van der Waals surface area contributed by atoms with Gasteiger partial charge in [0, 0.05) is 52.5 Å². The number of hydrogen-bond acceptors (Lipinski definition) is 6. The lowest BCUT2D eigenvalue weighted by atomic mass is 10.2. The summed E-state index contributed by atoms with van der Waals surface area (Å²) in [6.07, 6.45) is 3.56. The summed E-state index contributed by atoms with van der Waals surface area (Å²) >= 11 is 0. The van der Waals surface area contributed by atoms with Crippen LogP contribution in [0.3, 0.4) is 0 Å². The number of carbonyl (C=O) groups is 1. The van der Waals surface area contributed by atoms with Crippen molar-refractivity contribution in [3.63, 3.8) is 0 Å². The largest absolute Gasteiger partial charge is 0.444 e. The third kappa shape index (κ3) is 7.31. The molecule has 1 aliphatic rings. The molecule has 8 nitrogen and oxygen atoms in total. The van der Waals surface area contributed by atoms with Crippen LogP contribution < -0.4 is 10.2 Å². The van der Waals surface area contributed by atoms with E-state index >= 15 is 0 Å². The van der Waals surface area contributed by atoms with Gasteiger partial charge in [-0.05, 0) is 20.8 Å². The number of anilines is 1. The number of hydrogen-bond donors (Lipinski definition) is 1. The molecule has 0 unspecified atom stereocenters. The fraction of sp³-hybridized carbons (Fsp3) is 0.765. The van der Waals surface area contributed by atoms with E-state index in [4.69, 9.17) is 9.47 Å². The molecule has 1 aromatic rings. The van der Waals surface area contributed by atoms with Crippen LogP contribution in [0.2, 0.25) is 0 Å². The summed E-state index contributed by atoms with van der Waals surface area (Å²) in [6, 6.07) is 0. The number of ether oxygens (including phenoxy) is 2. The maximum Gasteiger partial charge on any atom is 0.407 e. The Morgan fingerprint density at radius 2 is 1.96 bits per heavy atom.